The molecule has 0 aliphatic carbocycles. The summed E-state index contributed by atoms with van der Waals surface area (Å²) in [4.78, 5) is 18.1. The molecule has 0 fully saturated rings. The molecule has 3 aromatic rings. The van der Waals surface area contributed by atoms with Crippen molar-refractivity contribution in [1.82, 2.24) is 9.97 Å². The van der Waals surface area contributed by atoms with Crippen LogP contribution in [0.1, 0.15) is 23.9 Å². The third-order valence-electron chi connectivity index (χ3n) is 3.27. The third-order valence-corrected chi connectivity index (χ3v) is 3.27. The molecule has 2 N–H and O–H groups in total. The molecule has 22 heavy (non-hydrogen) atoms. The lowest BCUT2D eigenvalue weighted by Crippen LogP contribution is -2.10. The molecule has 0 unspecified atom stereocenters. The predicted molar refractivity (Wildman–Crippen MR) is 86.4 cm³/mol. The van der Waals surface area contributed by atoms with Crippen LogP contribution in [-0.4, -0.2) is 16.2 Å². The number of hydrogen-bond acceptors (Lipinski definition) is 5. The van der Waals surface area contributed by atoms with Gasteiger partial charge in [-0.2, -0.15) is 5.10 Å². The van der Waals surface area contributed by atoms with Crippen molar-refractivity contribution in [2.75, 3.05) is 5.43 Å². The van der Waals surface area contributed by atoms with Crippen molar-refractivity contribution >= 4 is 23.1 Å². The molecule has 0 amide bonds. The summed E-state index contributed by atoms with van der Waals surface area (Å²) >= 11 is 0. The Morgan fingerprint density at radius 1 is 1.41 bits per heavy atom. The largest absolute Gasteiger partial charge is 0.460 e. The van der Waals surface area contributed by atoms with E-state index in [1.165, 1.54) is 6.07 Å². The smallest absolute Gasteiger partial charge is 0.252 e. The van der Waals surface area contributed by atoms with Crippen molar-refractivity contribution in [1.29, 1.82) is 0 Å². The number of furan rings is 1. The molecule has 6 heteroatoms. The van der Waals surface area contributed by atoms with Crippen molar-refractivity contribution in [2.24, 2.45) is 5.10 Å². The molecule has 6 nitrogen and oxygen atoms in total. The molecular formula is C16H16N4O2. The molecule has 0 atom stereocenters. The predicted octanol–water partition coefficient (Wildman–Crippen LogP) is 2.83. The van der Waals surface area contributed by atoms with E-state index in [2.05, 4.69) is 20.5 Å². The van der Waals surface area contributed by atoms with Gasteiger partial charge < -0.3 is 4.42 Å². The zero-order chi connectivity index (χ0) is 15.5. The number of aromatic nitrogens is 2. The Balaban J connectivity index is 1.90. The molecule has 2 heterocycles. The van der Waals surface area contributed by atoms with Gasteiger partial charge in [-0.25, -0.2) is 10.4 Å². The highest BCUT2D eigenvalue weighted by Gasteiger charge is 2.10. The minimum atomic E-state index is -0.215. The van der Waals surface area contributed by atoms with E-state index in [1.807, 2.05) is 31.2 Å². The molecular weight excluding hydrogens is 280 g/mol. The Kier molecular flexibility index (Phi) is 3.74. The molecule has 0 aliphatic rings. The Morgan fingerprint density at radius 2 is 2.23 bits per heavy atom. The number of benzene rings is 1. The topological polar surface area (TPSA) is 83.3 Å². The van der Waals surface area contributed by atoms with Gasteiger partial charge in [0, 0.05) is 29.1 Å². The summed E-state index contributed by atoms with van der Waals surface area (Å²) in [6.07, 6.45) is 2.46. The van der Waals surface area contributed by atoms with Crippen LogP contribution in [0.2, 0.25) is 0 Å². The average molecular weight is 296 g/mol. The van der Waals surface area contributed by atoms with Crippen LogP contribution in [0.3, 0.4) is 0 Å². The number of anilines is 1. The zero-order valence-electron chi connectivity index (χ0n) is 12.4. The van der Waals surface area contributed by atoms with E-state index in [4.69, 9.17) is 4.42 Å². The number of H-pyrrole nitrogens is 1. The first-order valence-corrected chi connectivity index (χ1v) is 7.05. The lowest BCUT2D eigenvalue weighted by Gasteiger charge is -1.99. The molecule has 0 saturated heterocycles. The maximum absolute atomic E-state index is 11.4. The summed E-state index contributed by atoms with van der Waals surface area (Å²) in [7, 11) is 0. The van der Waals surface area contributed by atoms with E-state index in [0.717, 1.165) is 28.7 Å². The molecule has 1 aromatic carbocycles. The van der Waals surface area contributed by atoms with Crippen LogP contribution in [0.4, 0.5) is 5.95 Å². The van der Waals surface area contributed by atoms with Gasteiger partial charge in [0.25, 0.3) is 5.56 Å². The maximum Gasteiger partial charge on any atom is 0.252 e. The molecule has 0 aliphatic heterocycles. The lowest BCUT2D eigenvalue weighted by molar-refractivity contribution is 0.556. The summed E-state index contributed by atoms with van der Waals surface area (Å²) < 4.78 is 5.80. The van der Waals surface area contributed by atoms with Crippen molar-refractivity contribution in [2.45, 2.75) is 20.3 Å². The van der Waals surface area contributed by atoms with Gasteiger partial charge in [-0.15, -0.1) is 0 Å². The SMILES string of the molecule is CCc1oc2ccccc2c1/C=N\Nc1nc(C)cc(=O)[nH]1. The lowest BCUT2D eigenvalue weighted by atomic mass is 10.1. The monoisotopic (exact) mass is 296 g/mol. The highest BCUT2D eigenvalue weighted by molar-refractivity contribution is 5.99. The second-order valence-electron chi connectivity index (χ2n) is 4.89. The van der Waals surface area contributed by atoms with Crippen LogP contribution in [-0.2, 0) is 6.42 Å². The van der Waals surface area contributed by atoms with Gasteiger partial charge in [0.05, 0.1) is 6.21 Å². The Labute approximate surface area is 126 Å². The van der Waals surface area contributed by atoms with Gasteiger partial charge in [-0.3, -0.25) is 9.78 Å². The zero-order valence-corrected chi connectivity index (χ0v) is 12.4. The first kappa shape index (κ1) is 14.1. The summed E-state index contributed by atoms with van der Waals surface area (Å²) in [5.74, 6) is 1.18. The van der Waals surface area contributed by atoms with Crippen LogP contribution in [0.5, 0.6) is 0 Å². The van der Waals surface area contributed by atoms with Gasteiger partial charge in [-0.1, -0.05) is 25.1 Å². The van der Waals surface area contributed by atoms with E-state index in [9.17, 15) is 4.79 Å². The number of hydrazone groups is 1. The molecule has 0 saturated carbocycles. The number of rotatable bonds is 4. The second-order valence-corrected chi connectivity index (χ2v) is 4.89. The summed E-state index contributed by atoms with van der Waals surface area (Å²) in [5.41, 5.74) is 4.92. The maximum atomic E-state index is 11.4. The van der Waals surface area contributed by atoms with Gasteiger partial charge in [0.1, 0.15) is 11.3 Å². The number of nitrogens with zero attached hydrogens (tertiary/aromatic N) is 2. The van der Waals surface area contributed by atoms with E-state index < -0.39 is 0 Å². The fourth-order valence-electron chi connectivity index (χ4n) is 2.31. The van der Waals surface area contributed by atoms with Crippen molar-refractivity contribution < 1.29 is 4.42 Å². The fraction of sp³-hybridized carbons (Fsp3) is 0.188. The molecule has 0 spiro atoms. The van der Waals surface area contributed by atoms with E-state index >= 15 is 0 Å². The first-order chi connectivity index (χ1) is 10.7. The summed E-state index contributed by atoms with van der Waals surface area (Å²) in [6, 6.07) is 9.24. The van der Waals surface area contributed by atoms with Crippen LogP contribution >= 0.6 is 0 Å². The highest BCUT2D eigenvalue weighted by Crippen LogP contribution is 2.24. The van der Waals surface area contributed by atoms with E-state index in [1.54, 1.807) is 13.1 Å². The molecule has 0 bridgehead atoms. The van der Waals surface area contributed by atoms with Crippen molar-refractivity contribution in [3.05, 3.63) is 57.7 Å². The number of nitrogens with one attached hydrogen (secondary N) is 2. The number of aromatic amines is 1. The van der Waals surface area contributed by atoms with Gasteiger partial charge in [0.15, 0.2) is 0 Å². The molecule has 3 rings (SSSR count). The summed E-state index contributed by atoms with van der Waals surface area (Å²) in [5, 5.41) is 5.17. The molecule has 0 radical (unpaired) electrons. The number of hydrogen-bond donors (Lipinski definition) is 2. The minimum Gasteiger partial charge on any atom is -0.460 e. The Bertz CT molecular complexity index is 893. The average Bonchev–Trinajstić information content (AvgIpc) is 2.84. The van der Waals surface area contributed by atoms with Gasteiger partial charge in [-0.05, 0) is 13.0 Å². The second kappa shape index (κ2) is 5.85. The molecule has 112 valence electrons. The third kappa shape index (κ3) is 2.76. The van der Waals surface area contributed by atoms with E-state index in [0.29, 0.717) is 11.6 Å². The number of aryl methyl sites for hydroxylation is 2. The summed E-state index contributed by atoms with van der Waals surface area (Å²) in [6.45, 7) is 3.78. The van der Waals surface area contributed by atoms with Gasteiger partial charge >= 0.3 is 0 Å². The quantitative estimate of drug-likeness (QED) is 0.573. The highest BCUT2D eigenvalue weighted by atomic mass is 16.3. The fourth-order valence-corrected chi connectivity index (χ4v) is 2.31. The Hall–Kier alpha value is -2.89. The minimum absolute atomic E-state index is 0.215. The van der Waals surface area contributed by atoms with Crippen LogP contribution in [0, 0.1) is 6.92 Å². The number of fused-ring (bicyclic) bond motifs is 1. The van der Waals surface area contributed by atoms with Crippen molar-refractivity contribution in [3.63, 3.8) is 0 Å². The Morgan fingerprint density at radius 3 is 3.00 bits per heavy atom. The van der Waals surface area contributed by atoms with E-state index in [-0.39, 0.29) is 5.56 Å². The van der Waals surface area contributed by atoms with Crippen LogP contribution in [0.15, 0.2) is 44.6 Å². The first-order valence-electron chi connectivity index (χ1n) is 7.05. The normalized spacial score (nSPS) is 11.4. The number of para-hydroxylation sites is 1. The van der Waals surface area contributed by atoms with Gasteiger partial charge in [0.2, 0.25) is 5.95 Å². The standard InChI is InChI=1S/C16H16N4O2/c1-3-13-12(11-6-4-5-7-14(11)22-13)9-17-20-16-18-10(2)8-15(21)19-16/h4-9H,3H2,1-2H3,(H2,18,19,20,21)/b17-9-. The van der Waals surface area contributed by atoms with Crippen LogP contribution < -0.4 is 11.0 Å². The molecule has 2 aromatic heterocycles. The van der Waals surface area contributed by atoms with Crippen molar-refractivity contribution in [3.8, 4) is 0 Å². The van der Waals surface area contributed by atoms with Crippen LogP contribution in [0.25, 0.3) is 11.0 Å².